The van der Waals surface area contributed by atoms with Crippen molar-refractivity contribution in [2.45, 2.75) is 32.1 Å². The Morgan fingerprint density at radius 2 is 2.30 bits per heavy atom. The minimum Gasteiger partial charge on any atom is -0.481 e. The van der Waals surface area contributed by atoms with Crippen LogP contribution < -0.4 is 10.5 Å². The maximum Gasteiger partial charge on any atom is 0.213 e. The van der Waals surface area contributed by atoms with Gasteiger partial charge < -0.3 is 10.5 Å². The van der Waals surface area contributed by atoms with E-state index in [1.807, 2.05) is 6.07 Å². The highest BCUT2D eigenvalue weighted by Gasteiger charge is 2.45. The Balaban J connectivity index is 2.23. The predicted octanol–water partition coefficient (Wildman–Crippen LogP) is 2.76. The first-order chi connectivity index (χ1) is 9.64. The molecule has 0 aromatic carbocycles. The van der Waals surface area contributed by atoms with E-state index in [9.17, 15) is 0 Å². The molecule has 0 fully saturated rings. The number of methoxy groups -OCH3 is 1. The summed E-state index contributed by atoms with van der Waals surface area (Å²) >= 11 is 0. The number of ether oxygens (including phenoxy) is 1. The van der Waals surface area contributed by atoms with Crippen molar-refractivity contribution < 1.29 is 4.74 Å². The summed E-state index contributed by atoms with van der Waals surface area (Å²) in [5, 5.41) is 0. The molecular formula is C17H22N2O. The zero-order valence-corrected chi connectivity index (χ0v) is 12.4. The summed E-state index contributed by atoms with van der Waals surface area (Å²) < 4.78 is 5.27. The molecule has 0 saturated carbocycles. The Kier molecular flexibility index (Phi) is 3.17. The Hall–Kier alpha value is -1.61. The van der Waals surface area contributed by atoms with E-state index in [-0.39, 0.29) is 5.41 Å². The molecule has 0 saturated heterocycles. The van der Waals surface area contributed by atoms with Gasteiger partial charge in [-0.25, -0.2) is 4.98 Å². The molecule has 3 heteroatoms. The van der Waals surface area contributed by atoms with E-state index in [4.69, 9.17) is 10.5 Å². The van der Waals surface area contributed by atoms with Crippen LogP contribution in [-0.2, 0) is 11.8 Å². The first kappa shape index (κ1) is 13.4. The Morgan fingerprint density at radius 3 is 2.95 bits per heavy atom. The van der Waals surface area contributed by atoms with E-state index < -0.39 is 0 Å². The number of nitrogens with two attached hydrogens (primary N) is 1. The number of hydrogen-bond acceptors (Lipinski definition) is 3. The average molecular weight is 270 g/mol. The fourth-order valence-corrected chi connectivity index (χ4v) is 4.03. The van der Waals surface area contributed by atoms with Crippen molar-refractivity contribution in [1.82, 2.24) is 4.98 Å². The van der Waals surface area contributed by atoms with Crippen molar-refractivity contribution in [3.63, 3.8) is 0 Å². The molecule has 2 aliphatic rings. The van der Waals surface area contributed by atoms with Crippen LogP contribution in [0.5, 0.6) is 5.88 Å². The number of nitrogens with zero attached hydrogens (tertiary/aromatic N) is 1. The number of fused-ring (bicyclic) bond motifs is 4. The van der Waals surface area contributed by atoms with Crippen LogP contribution in [0.1, 0.15) is 31.5 Å². The minimum atomic E-state index is -0.0644. The Labute approximate surface area is 120 Å². The van der Waals surface area contributed by atoms with Crippen LogP contribution in [0.3, 0.4) is 0 Å². The van der Waals surface area contributed by atoms with Crippen molar-refractivity contribution >= 4 is 0 Å². The van der Waals surface area contributed by atoms with Crippen LogP contribution in [0.25, 0.3) is 0 Å². The molecule has 0 amide bonds. The van der Waals surface area contributed by atoms with Gasteiger partial charge in [-0.2, -0.15) is 0 Å². The molecule has 0 unspecified atom stereocenters. The summed E-state index contributed by atoms with van der Waals surface area (Å²) in [5.41, 5.74) is 11.5. The monoisotopic (exact) mass is 270 g/mol. The number of rotatable bonds is 2. The molecule has 2 aliphatic carbocycles. The number of pyridine rings is 1. The van der Waals surface area contributed by atoms with E-state index >= 15 is 0 Å². The second-order valence-corrected chi connectivity index (χ2v) is 5.88. The zero-order valence-electron chi connectivity index (χ0n) is 12.4. The summed E-state index contributed by atoms with van der Waals surface area (Å²) in [6.45, 7) is 4.98. The SMILES string of the molecule is C/C=C1\[C@H]2C=C(C)C[C@]1(CN)c1ccc(OC)nc1C2. The van der Waals surface area contributed by atoms with Crippen LogP contribution in [-0.4, -0.2) is 18.6 Å². The van der Waals surface area contributed by atoms with Crippen LogP contribution in [0.4, 0.5) is 0 Å². The quantitative estimate of drug-likeness (QED) is 0.841. The first-order valence-electron chi connectivity index (χ1n) is 7.23. The highest BCUT2D eigenvalue weighted by molar-refractivity contribution is 5.51. The second kappa shape index (κ2) is 4.74. The molecule has 0 radical (unpaired) electrons. The van der Waals surface area contributed by atoms with Gasteiger partial charge in [0.25, 0.3) is 0 Å². The summed E-state index contributed by atoms with van der Waals surface area (Å²) in [4.78, 5) is 4.67. The molecule has 3 rings (SSSR count). The summed E-state index contributed by atoms with van der Waals surface area (Å²) in [6.07, 6.45) is 6.59. The summed E-state index contributed by atoms with van der Waals surface area (Å²) in [7, 11) is 1.67. The summed E-state index contributed by atoms with van der Waals surface area (Å²) in [6, 6.07) is 4.11. The van der Waals surface area contributed by atoms with E-state index in [0.29, 0.717) is 18.3 Å². The van der Waals surface area contributed by atoms with Crippen molar-refractivity contribution in [1.29, 1.82) is 0 Å². The van der Waals surface area contributed by atoms with Crippen LogP contribution in [0.15, 0.2) is 35.4 Å². The lowest BCUT2D eigenvalue weighted by atomic mass is 9.58. The predicted molar refractivity (Wildman–Crippen MR) is 80.8 cm³/mol. The zero-order chi connectivity index (χ0) is 14.3. The van der Waals surface area contributed by atoms with Gasteiger partial charge >= 0.3 is 0 Å². The van der Waals surface area contributed by atoms with Gasteiger partial charge in [-0.05, 0) is 25.8 Å². The highest BCUT2D eigenvalue weighted by Crippen LogP contribution is 2.50. The molecule has 2 atom stereocenters. The number of hydrogen-bond donors (Lipinski definition) is 1. The average Bonchev–Trinajstić information content (AvgIpc) is 2.45. The van der Waals surface area contributed by atoms with Crippen molar-refractivity contribution in [2.24, 2.45) is 11.7 Å². The van der Waals surface area contributed by atoms with Gasteiger partial charge in [-0.3, -0.25) is 0 Å². The topological polar surface area (TPSA) is 48.1 Å². The minimum absolute atomic E-state index is 0.0644. The standard InChI is InChI=1S/C17H22N2O/c1-4-13-12-7-11(2)9-17(13,10-18)14-5-6-16(20-3)19-15(14)8-12/h4-7,12H,8-10,18H2,1-3H3/b13-4+/t12-,17+/m0/s1. The normalized spacial score (nSPS) is 29.9. The van der Waals surface area contributed by atoms with Gasteiger partial charge in [0.05, 0.1) is 7.11 Å². The van der Waals surface area contributed by atoms with Crippen molar-refractivity contribution in [3.05, 3.63) is 46.7 Å². The third-order valence-electron chi connectivity index (χ3n) is 4.76. The van der Waals surface area contributed by atoms with E-state index in [2.05, 4.69) is 37.0 Å². The molecule has 20 heavy (non-hydrogen) atoms. The van der Waals surface area contributed by atoms with E-state index in [1.54, 1.807) is 7.11 Å². The third-order valence-corrected chi connectivity index (χ3v) is 4.76. The molecule has 0 aliphatic heterocycles. The highest BCUT2D eigenvalue weighted by atomic mass is 16.5. The summed E-state index contributed by atoms with van der Waals surface area (Å²) in [5.74, 6) is 1.13. The maximum absolute atomic E-state index is 6.23. The van der Waals surface area contributed by atoms with Crippen molar-refractivity contribution in [2.75, 3.05) is 13.7 Å². The van der Waals surface area contributed by atoms with Gasteiger partial charge in [0.1, 0.15) is 0 Å². The molecule has 2 N–H and O–H groups in total. The largest absolute Gasteiger partial charge is 0.481 e. The van der Waals surface area contributed by atoms with E-state index in [0.717, 1.165) is 18.5 Å². The molecule has 0 spiro atoms. The Morgan fingerprint density at radius 1 is 1.50 bits per heavy atom. The van der Waals surface area contributed by atoms with Gasteiger partial charge in [-0.15, -0.1) is 0 Å². The van der Waals surface area contributed by atoms with Gasteiger partial charge in [-0.1, -0.05) is 29.4 Å². The molecule has 3 nitrogen and oxygen atoms in total. The molecule has 1 heterocycles. The van der Waals surface area contributed by atoms with E-state index in [1.165, 1.54) is 16.7 Å². The lowest BCUT2D eigenvalue weighted by Crippen LogP contribution is -2.46. The van der Waals surface area contributed by atoms with Crippen LogP contribution >= 0.6 is 0 Å². The fourth-order valence-electron chi connectivity index (χ4n) is 4.03. The molecule has 2 bridgehead atoms. The maximum atomic E-state index is 6.23. The smallest absolute Gasteiger partial charge is 0.213 e. The van der Waals surface area contributed by atoms with Gasteiger partial charge in [0, 0.05) is 36.1 Å². The van der Waals surface area contributed by atoms with Gasteiger partial charge in [0.15, 0.2) is 0 Å². The molecule has 1 aromatic heterocycles. The van der Waals surface area contributed by atoms with Crippen molar-refractivity contribution in [3.8, 4) is 5.88 Å². The lowest BCUT2D eigenvalue weighted by Gasteiger charge is -2.47. The fraction of sp³-hybridized carbons (Fsp3) is 0.471. The molecular weight excluding hydrogens is 248 g/mol. The first-order valence-corrected chi connectivity index (χ1v) is 7.23. The molecule has 1 aromatic rings. The van der Waals surface area contributed by atoms with Crippen LogP contribution in [0, 0.1) is 5.92 Å². The lowest BCUT2D eigenvalue weighted by molar-refractivity contribution is 0.378. The third kappa shape index (κ3) is 1.73. The number of allylic oxidation sites excluding steroid dienone is 3. The molecule has 106 valence electrons. The Bertz CT molecular complexity index is 603. The second-order valence-electron chi connectivity index (χ2n) is 5.88. The van der Waals surface area contributed by atoms with Crippen LogP contribution in [0.2, 0.25) is 0 Å². The van der Waals surface area contributed by atoms with Gasteiger partial charge in [0.2, 0.25) is 5.88 Å². The number of aromatic nitrogens is 1.